The lowest BCUT2D eigenvalue weighted by Gasteiger charge is -2.14. The Morgan fingerprint density at radius 2 is 1.67 bits per heavy atom. The van der Waals surface area contributed by atoms with Crippen molar-refractivity contribution in [1.29, 1.82) is 0 Å². The number of alkyl halides is 3. The van der Waals surface area contributed by atoms with Crippen molar-refractivity contribution in [1.82, 2.24) is 0 Å². The summed E-state index contributed by atoms with van der Waals surface area (Å²) >= 11 is 0. The lowest BCUT2D eigenvalue weighted by Crippen LogP contribution is -2.04. The fourth-order valence-corrected chi connectivity index (χ4v) is 2.73. The average molecular weight is 332 g/mol. The SMILES string of the molecule is COc1cc2ccccc2c(Cc2ccc(C(F)(F)F)cc2)c1O. The second-order valence-corrected chi connectivity index (χ2v) is 5.50. The number of methoxy groups -OCH3 is 1. The Morgan fingerprint density at radius 3 is 2.29 bits per heavy atom. The van der Waals surface area contributed by atoms with E-state index in [2.05, 4.69) is 0 Å². The Kier molecular flexibility index (Phi) is 4.09. The molecule has 0 atom stereocenters. The van der Waals surface area contributed by atoms with Crippen LogP contribution in [0.5, 0.6) is 11.5 Å². The first-order valence-corrected chi connectivity index (χ1v) is 7.34. The molecule has 0 unspecified atom stereocenters. The molecule has 0 aliphatic carbocycles. The van der Waals surface area contributed by atoms with Crippen LogP contribution in [0.25, 0.3) is 10.8 Å². The van der Waals surface area contributed by atoms with Crippen molar-refractivity contribution in [3.63, 3.8) is 0 Å². The Bertz CT molecular complexity index is 868. The van der Waals surface area contributed by atoms with Crippen molar-refractivity contribution in [3.05, 3.63) is 71.3 Å². The van der Waals surface area contributed by atoms with E-state index in [1.165, 1.54) is 19.2 Å². The summed E-state index contributed by atoms with van der Waals surface area (Å²) in [7, 11) is 1.46. The molecule has 3 aromatic carbocycles. The molecular weight excluding hydrogens is 317 g/mol. The minimum absolute atomic E-state index is 0.0103. The van der Waals surface area contributed by atoms with Gasteiger partial charge in [0.25, 0.3) is 0 Å². The van der Waals surface area contributed by atoms with Gasteiger partial charge in [0.15, 0.2) is 11.5 Å². The standard InChI is InChI=1S/C19H15F3O2/c1-24-17-11-13-4-2-3-5-15(13)16(18(17)23)10-12-6-8-14(9-7-12)19(20,21)22/h2-9,11,23H,10H2,1H3. The van der Waals surface area contributed by atoms with E-state index in [9.17, 15) is 18.3 Å². The number of benzene rings is 3. The van der Waals surface area contributed by atoms with Gasteiger partial charge in [-0.3, -0.25) is 0 Å². The molecule has 0 bridgehead atoms. The Hall–Kier alpha value is -2.69. The molecule has 0 amide bonds. The Balaban J connectivity index is 2.05. The molecule has 0 fully saturated rings. The maximum Gasteiger partial charge on any atom is 0.416 e. The molecule has 3 aromatic rings. The van der Waals surface area contributed by atoms with Gasteiger partial charge in [-0.1, -0.05) is 36.4 Å². The van der Waals surface area contributed by atoms with Crippen LogP contribution in [0.4, 0.5) is 13.2 Å². The lowest BCUT2D eigenvalue weighted by atomic mass is 9.96. The highest BCUT2D eigenvalue weighted by atomic mass is 19.4. The number of hydrogen-bond acceptors (Lipinski definition) is 2. The Labute approximate surface area is 137 Å². The van der Waals surface area contributed by atoms with Gasteiger partial charge < -0.3 is 9.84 Å². The zero-order valence-electron chi connectivity index (χ0n) is 12.9. The third-order valence-electron chi connectivity index (χ3n) is 3.97. The van der Waals surface area contributed by atoms with Crippen LogP contribution >= 0.6 is 0 Å². The van der Waals surface area contributed by atoms with Crippen molar-refractivity contribution in [2.24, 2.45) is 0 Å². The predicted octanol–water partition coefficient (Wildman–Crippen LogP) is 5.16. The fraction of sp³-hybridized carbons (Fsp3) is 0.158. The van der Waals surface area contributed by atoms with Crippen LogP contribution in [-0.4, -0.2) is 12.2 Å². The molecular formula is C19H15F3O2. The zero-order chi connectivity index (χ0) is 17.3. The van der Waals surface area contributed by atoms with E-state index >= 15 is 0 Å². The van der Waals surface area contributed by atoms with Crippen LogP contribution in [0.1, 0.15) is 16.7 Å². The van der Waals surface area contributed by atoms with Gasteiger partial charge >= 0.3 is 6.18 Å². The number of halogens is 3. The van der Waals surface area contributed by atoms with E-state index in [1.807, 2.05) is 24.3 Å². The quantitative estimate of drug-likeness (QED) is 0.717. The van der Waals surface area contributed by atoms with Crippen LogP contribution in [0.15, 0.2) is 54.6 Å². The van der Waals surface area contributed by atoms with Gasteiger partial charge in [-0.25, -0.2) is 0 Å². The highest BCUT2D eigenvalue weighted by molar-refractivity contribution is 5.90. The number of fused-ring (bicyclic) bond motifs is 1. The first kappa shape index (κ1) is 16.2. The summed E-state index contributed by atoms with van der Waals surface area (Å²) in [6.45, 7) is 0. The number of phenolic OH excluding ortho intramolecular Hbond substituents is 1. The minimum atomic E-state index is -4.36. The van der Waals surface area contributed by atoms with Gasteiger partial charge in [0.2, 0.25) is 0 Å². The summed E-state index contributed by atoms with van der Waals surface area (Å²) in [5.41, 5.74) is 0.618. The van der Waals surface area contributed by atoms with Crippen LogP contribution in [0.2, 0.25) is 0 Å². The third kappa shape index (κ3) is 3.02. The van der Waals surface area contributed by atoms with Gasteiger partial charge in [-0.05, 0) is 34.5 Å². The molecule has 0 saturated carbocycles. The monoisotopic (exact) mass is 332 g/mol. The number of hydrogen-bond donors (Lipinski definition) is 1. The van der Waals surface area contributed by atoms with Crippen molar-refractivity contribution in [2.75, 3.05) is 7.11 Å². The summed E-state index contributed by atoms with van der Waals surface area (Å²) in [5.74, 6) is 0.353. The van der Waals surface area contributed by atoms with Gasteiger partial charge in [0.05, 0.1) is 12.7 Å². The van der Waals surface area contributed by atoms with Crippen LogP contribution in [0, 0.1) is 0 Å². The van der Waals surface area contributed by atoms with E-state index in [1.54, 1.807) is 6.07 Å². The topological polar surface area (TPSA) is 29.5 Å². The van der Waals surface area contributed by atoms with Gasteiger partial charge in [-0.2, -0.15) is 13.2 Å². The maximum atomic E-state index is 12.7. The summed E-state index contributed by atoms with van der Waals surface area (Å²) in [5, 5.41) is 12.2. The molecule has 0 radical (unpaired) electrons. The van der Waals surface area contributed by atoms with E-state index in [0.29, 0.717) is 23.3 Å². The molecule has 0 heterocycles. The first-order chi connectivity index (χ1) is 11.4. The van der Waals surface area contributed by atoms with Gasteiger partial charge in [0.1, 0.15) is 0 Å². The number of rotatable bonds is 3. The smallest absolute Gasteiger partial charge is 0.416 e. The zero-order valence-corrected chi connectivity index (χ0v) is 12.9. The molecule has 0 spiro atoms. The van der Waals surface area contributed by atoms with E-state index in [-0.39, 0.29) is 5.75 Å². The maximum absolute atomic E-state index is 12.7. The molecule has 2 nitrogen and oxygen atoms in total. The summed E-state index contributed by atoms with van der Waals surface area (Å²) in [4.78, 5) is 0. The van der Waals surface area contributed by atoms with E-state index < -0.39 is 11.7 Å². The number of ether oxygens (including phenoxy) is 1. The molecule has 124 valence electrons. The van der Waals surface area contributed by atoms with Crippen LogP contribution < -0.4 is 4.74 Å². The normalized spacial score (nSPS) is 11.7. The van der Waals surface area contributed by atoms with E-state index in [4.69, 9.17) is 4.74 Å². The largest absolute Gasteiger partial charge is 0.504 e. The summed E-state index contributed by atoms with van der Waals surface area (Å²) in [6.07, 6.45) is -4.05. The molecule has 0 aliphatic heterocycles. The van der Waals surface area contributed by atoms with Gasteiger partial charge in [-0.15, -0.1) is 0 Å². The summed E-state index contributed by atoms with van der Waals surface area (Å²) in [6, 6.07) is 14.2. The lowest BCUT2D eigenvalue weighted by molar-refractivity contribution is -0.137. The van der Waals surface area contributed by atoms with Crippen LogP contribution in [0.3, 0.4) is 0 Å². The fourth-order valence-electron chi connectivity index (χ4n) is 2.73. The first-order valence-electron chi connectivity index (χ1n) is 7.34. The van der Waals surface area contributed by atoms with Crippen molar-refractivity contribution in [3.8, 4) is 11.5 Å². The van der Waals surface area contributed by atoms with Crippen LogP contribution in [-0.2, 0) is 12.6 Å². The molecule has 0 aromatic heterocycles. The van der Waals surface area contributed by atoms with Crippen molar-refractivity contribution >= 4 is 10.8 Å². The van der Waals surface area contributed by atoms with Crippen molar-refractivity contribution < 1.29 is 23.0 Å². The predicted molar refractivity (Wildman–Crippen MR) is 86.4 cm³/mol. The van der Waals surface area contributed by atoms with E-state index in [0.717, 1.165) is 22.9 Å². The molecule has 0 saturated heterocycles. The molecule has 5 heteroatoms. The molecule has 24 heavy (non-hydrogen) atoms. The number of aromatic hydroxyl groups is 1. The van der Waals surface area contributed by atoms with Gasteiger partial charge in [0, 0.05) is 12.0 Å². The molecule has 0 aliphatic rings. The third-order valence-corrected chi connectivity index (χ3v) is 3.97. The highest BCUT2D eigenvalue weighted by Crippen LogP contribution is 2.38. The molecule has 3 rings (SSSR count). The minimum Gasteiger partial charge on any atom is -0.504 e. The number of phenols is 1. The molecule has 1 N–H and O–H groups in total. The highest BCUT2D eigenvalue weighted by Gasteiger charge is 2.30. The Morgan fingerprint density at radius 1 is 1.00 bits per heavy atom. The average Bonchev–Trinajstić information content (AvgIpc) is 2.57. The second kappa shape index (κ2) is 6.07. The second-order valence-electron chi connectivity index (χ2n) is 5.50. The van der Waals surface area contributed by atoms with Crippen molar-refractivity contribution in [2.45, 2.75) is 12.6 Å². The summed E-state index contributed by atoms with van der Waals surface area (Å²) < 4.78 is 43.2.